The Balaban J connectivity index is 2.18. The lowest BCUT2D eigenvalue weighted by atomic mass is 10.3. The maximum atomic E-state index is 2.30. The average Bonchev–Trinajstić information content (AvgIpc) is 2.31. The second-order valence-corrected chi connectivity index (χ2v) is 3.12. The lowest BCUT2D eigenvalue weighted by molar-refractivity contribution is -0.793. The van der Waals surface area contributed by atoms with Gasteiger partial charge in [0.05, 0.1) is 6.54 Å². The number of unbranched alkanes of at least 4 members (excludes halogenated alkanes) is 1. The first kappa shape index (κ1) is 7.73. The van der Waals surface area contributed by atoms with Gasteiger partial charge in [0.2, 0.25) is 0 Å². The van der Waals surface area contributed by atoms with Gasteiger partial charge < -0.3 is 0 Å². The van der Waals surface area contributed by atoms with Crippen molar-refractivity contribution in [2.45, 2.75) is 19.8 Å². The summed E-state index contributed by atoms with van der Waals surface area (Å²) < 4.78 is 2.28. The van der Waals surface area contributed by atoms with Gasteiger partial charge in [-0.15, -0.1) is 0 Å². The van der Waals surface area contributed by atoms with Crippen molar-refractivity contribution in [3.8, 4) is 0 Å². The molecule has 0 saturated carbocycles. The molecule has 1 aliphatic heterocycles. The van der Waals surface area contributed by atoms with Crippen LogP contribution in [0.15, 0.2) is 0 Å². The summed E-state index contributed by atoms with van der Waals surface area (Å²) in [6.07, 6.45) is 4.98. The van der Waals surface area contributed by atoms with Gasteiger partial charge in [-0.2, -0.15) is 4.58 Å². The predicted molar refractivity (Wildman–Crippen MR) is 42.7 cm³/mol. The van der Waals surface area contributed by atoms with E-state index in [1.54, 1.807) is 4.90 Å². The van der Waals surface area contributed by atoms with Crippen LogP contribution in [0.3, 0.4) is 0 Å². The summed E-state index contributed by atoms with van der Waals surface area (Å²) in [5, 5.41) is 0. The Labute approximate surface area is 63.2 Å². The van der Waals surface area contributed by atoms with Crippen molar-refractivity contribution in [1.82, 2.24) is 0 Å². The molecule has 1 atom stereocenters. The van der Waals surface area contributed by atoms with Crippen molar-refractivity contribution in [3.63, 3.8) is 0 Å². The highest BCUT2D eigenvalue weighted by Gasteiger charge is 2.18. The first-order valence-corrected chi connectivity index (χ1v) is 4.22. The van der Waals surface area contributed by atoms with Crippen molar-refractivity contribution >= 4 is 6.34 Å². The van der Waals surface area contributed by atoms with Crippen molar-refractivity contribution in [3.05, 3.63) is 0 Å². The summed E-state index contributed by atoms with van der Waals surface area (Å²) in [6, 6.07) is 0. The van der Waals surface area contributed by atoms with Crippen molar-refractivity contribution in [1.29, 1.82) is 0 Å². The third kappa shape index (κ3) is 2.10. The number of nitrogens with zero attached hydrogens (tertiary/aromatic N) is 1. The molecule has 1 rings (SSSR count). The van der Waals surface area contributed by atoms with Crippen LogP contribution in [0.4, 0.5) is 0 Å². The summed E-state index contributed by atoms with van der Waals surface area (Å²) in [5.74, 6) is 0. The third-order valence-electron chi connectivity index (χ3n) is 2.04. The number of quaternary nitrogens is 1. The van der Waals surface area contributed by atoms with Crippen LogP contribution in [0, 0.1) is 0 Å². The topological polar surface area (TPSA) is 7.45 Å². The first-order valence-electron chi connectivity index (χ1n) is 4.22. The Morgan fingerprint density at radius 1 is 1.60 bits per heavy atom. The minimum atomic E-state index is 1.24. The van der Waals surface area contributed by atoms with E-state index in [1.807, 2.05) is 0 Å². The lowest BCUT2D eigenvalue weighted by Crippen LogP contribution is -3.10. The number of likely N-dealkylation sites (N-methyl/N-ethyl adjacent to an activating group) is 1. The normalized spacial score (nSPS) is 25.0. The van der Waals surface area contributed by atoms with Crippen LogP contribution in [0.5, 0.6) is 0 Å². The van der Waals surface area contributed by atoms with Gasteiger partial charge in [0, 0.05) is 0 Å². The fourth-order valence-electron chi connectivity index (χ4n) is 1.35. The molecule has 0 aromatic carbocycles. The van der Waals surface area contributed by atoms with Crippen molar-refractivity contribution in [2.24, 2.45) is 0 Å². The number of rotatable bonds is 3. The molecule has 0 spiro atoms. The fourth-order valence-corrected chi connectivity index (χ4v) is 1.35. The summed E-state index contributed by atoms with van der Waals surface area (Å²) in [6.45, 7) is 6.11. The standard InChI is InChI=1S/C8H17N2/c1-3-4-5-10-7-6-9(2)8-10/h8H,3-7H2,1-2H3/q+1/p+1. The van der Waals surface area contributed by atoms with E-state index >= 15 is 0 Å². The summed E-state index contributed by atoms with van der Waals surface area (Å²) >= 11 is 0. The van der Waals surface area contributed by atoms with Crippen LogP contribution >= 0.6 is 0 Å². The van der Waals surface area contributed by atoms with Gasteiger partial charge in [0.15, 0.2) is 6.54 Å². The molecule has 1 heterocycles. The maximum Gasteiger partial charge on any atom is 0.325 e. The van der Waals surface area contributed by atoms with E-state index in [9.17, 15) is 0 Å². The molecule has 58 valence electrons. The highest BCUT2D eigenvalue weighted by molar-refractivity contribution is 5.36. The van der Waals surface area contributed by atoms with Gasteiger partial charge in [0.1, 0.15) is 13.6 Å². The fraction of sp³-hybridized carbons (Fsp3) is 0.875. The summed E-state index contributed by atoms with van der Waals surface area (Å²) in [5.41, 5.74) is 0. The predicted octanol–water partition coefficient (Wildman–Crippen LogP) is -0.644. The van der Waals surface area contributed by atoms with E-state index in [4.69, 9.17) is 0 Å². The van der Waals surface area contributed by atoms with E-state index in [0.29, 0.717) is 0 Å². The van der Waals surface area contributed by atoms with E-state index in [-0.39, 0.29) is 0 Å². The molecule has 0 bridgehead atoms. The van der Waals surface area contributed by atoms with Gasteiger partial charge >= 0.3 is 6.34 Å². The number of hydrogen-bond acceptors (Lipinski definition) is 0. The van der Waals surface area contributed by atoms with Gasteiger partial charge in [-0.05, 0) is 6.42 Å². The molecule has 1 N–H and O–H groups in total. The zero-order valence-corrected chi connectivity index (χ0v) is 7.06. The zero-order valence-electron chi connectivity index (χ0n) is 7.06. The van der Waals surface area contributed by atoms with E-state index in [0.717, 1.165) is 0 Å². The first-order chi connectivity index (χ1) is 4.83. The quantitative estimate of drug-likeness (QED) is 0.501. The van der Waals surface area contributed by atoms with Gasteiger partial charge in [-0.25, -0.2) is 4.90 Å². The molecule has 0 amide bonds. The zero-order chi connectivity index (χ0) is 7.40. The molecule has 0 radical (unpaired) electrons. The molecule has 1 aliphatic rings. The molecule has 0 aromatic rings. The van der Waals surface area contributed by atoms with E-state index in [1.165, 1.54) is 32.5 Å². The monoisotopic (exact) mass is 142 g/mol. The molecule has 0 aliphatic carbocycles. The molecular weight excluding hydrogens is 124 g/mol. The minimum absolute atomic E-state index is 1.24. The average molecular weight is 142 g/mol. The summed E-state index contributed by atoms with van der Waals surface area (Å²) in [7, 11) is 2.15. The van der Waals surface area contributed by atoms with Crippen LogP contribution in [0.1, 0.15) is 19.8 Å². The summed E-state index contributed by atoms with van der Waals surface area (Å²) in [4.78, 5) is 1.64. The Morgan fingerprint density at radius 2 is 2.40 bits per heavy atom. The van der Waals surface area contributed by atoms with Crippen LogP contribution in [-0.2, 0) is 0 Å². The van der Waals surface area contributed by atoms with Gasteiger partial charge in [0.25, 0.3) is 0 Å². The van der Waals surface area contributed by atoms with Gasteiger partial charge in [-0.1, -0.05) is 13.3 Å². The number of hydrogen-bond donors (Lipinski definition) is 1. The molecule has 10 heavy (non-hydrogen) atoms. The smallest absolute Gasteiger partial charge is 0.249 e. The molecule has 0 fully saturated rings. The van der Waals surface area contributed by atoms with Crippen molar-refractivity contribution in [2.75, 3.05) is 26.7 Å². The molecule has 1 unspecified atom stereocenters. The maximum absolute atomic E-state index is 2.30. The highest BCUT2D eigenvalue weighted by atomic mass is 15.2. The molecular formula is C8H18N2+2. The van der Waals surface area contributed by atoms with Crippen LogP contribution < -0.4 is 4.90 Å². The molecule has 0 aromatic heterocycles. The Bertz CT molecular complexity index is 129. The van der Waals surface area contributed by atoms with Crippen LogP contribution in [-0.4, -0.2) is 37.6 Å². The third-order valence-corrected chi connectivity index (χ3v) is 2.04. The van der Waals surface area contributed by atoms with Crippen LogP contribution in [0.25, 0.3) is 0 Å². The second kappa shape index (κ2) is 3.71. The Hall–Kier alpha value is -0.370. The molecule has 0 saturated heterocycles. The van der Waals surface area contributed by atoms with Crippen LogP contribution in [0.2, 0.25) is 0 Å². The second-order valence-electron chi connectivity index (χ2n) is 3.12. The van der Waals surface area contributed by atoms with Gasteiger partial charge in [-0.3, -0.25) is 0 Å². The lowest BCUT2D eigenvalue weighted by Gasteiger charge is -2.01. The largest absolute Gasteiger partial charge is 0.325 e. The highest BCUT2D eigenvalue weighted by Crippen LogP contribution is 1.79. The minimum Gasteiger partial charge on any atom is -0.249 e. The van der Waals surface area contributed by atoms with Crippen molar-refractivity contribution < 1.29 is 9.48 Å². The molecule has 2 heteroatoms. The Morgan fingerprint density at radius 3 is 2.90 bits per heavy atom. The number of nitrogens with one attached hydrogen (secondary N) is 1. The Kier molecular flexibility index (Phi) is 2.87. The molecule has 2 nitrogen and oxygen atoms in total. The van der Waals surface area contributed by atoms with E-state index in [2.05, 4.69) is 24.9 Å². The SMILES string of the molecule is CCCC[NH+]1C=[N+](C)CC1. The van der Waals surface area contributed by atoms with E-state index < -0.39 is 0 Å².